The Morgan fingerprint density at radius 1 is 1.26 bits per heavy atom. The van der Waals surface area contributed by atoms with Crippen LogP contribution in [0.1, 0.15) is 34.1 Å². The standard InChI is InChI=1S/C16H17NO4S2/c1-21-16(18)12-6-8-13(9-7-12)23(19,20)17-10-2-4-14(17)15-5-3-11-22-15/h3,5-9,11,14H,2,4,10H2,1H3. The normalized spacial score (nSPS) is 18.9. The highest BCUT2D eigenvalue weighted by atomic mass is 32.2. The first kappa shape index (κ1) is 16.2. The molecule has 1 saturated heterocycles. The van der Waals surface area contributed by atoms with Crippen molar-refractivity contribution in [2.24, 2.45) is 0 Å². The first-order valence-electron chi connectivity index (χ1n) is 7.27. The number of sulfonamides is 1. The number of esters is 1. The van der Waals surface area contributed by atoms with Gasteiger partial charge >= 0.3 is 5.97 Å². The first-order valence-corrected chi connectivity index (χ1v) is 9.59. The van der Waals surface area contributed by atoms with Crippen LogP contribution in [-0.2, 0) is 14.8 Å². The Balaban J connectivity index is 1.90. The molecule has 0 aliphatic carbocycles. The quantitative estimate of drug-likeness (QED) is 0.794. The molecular formula is C16H17NO4S2. The third-order valence-electron chi connectivity index (χ3n) is 3.96. The Kier molecular flexibility index (Phi) is 4.52. The third kappa shape index (κ3) is 3.04. The molecule has 122 valence electrons. The minimum atomic E-state index is -3.58. The van der Waals surface area contributed by atoms with Gasteiger partial charge in [-0.15, -0.1) is 11.3 Å². The number of hydrogen-bond donors (Lipinski definition) is 0. The van der Waals surface area contributed by atoms with Gasteiger partial charge in [0.15, 0.2) is 0 Å². The minimum Gasteiger partial charge on any atom is -0.465 e. The van der Waals surface area contributed by atoms with Crippen LogP contribution in [-0.4, -0.2) is 32.3 Å². The fourth-order valence-electron chi connectivity index (χ4n) is 2.81. The Bertz CT molecular complexity index is 782. The molecule has 1 aliphatic heterocycles. The molecular weight excluding hydrogens is 334 g/mol. The number of carbonyl (C=O) groups excluding carboxylic acids is 1. The van der Waals surface area contributed by atoms with Crippen molar-refractivity contribution in [2.75, 3.05) is 13.7 Å². The zero-order valence-corrected chi connectivity index (χ0v) is 14.3. The number of carbonyl (C=O) groups is 1. The number of rotatable bonds is 4. The summed E-state index contributed by atoms with van der Waals surface area (Å²) in [5, 5.41) is 1.96. The molecule has 1 aromatic heterocycles. The third-order valence-corrected chi connectivity index (χ3v) is 6.85. The summed E-state index contributed by atoms with van der Waals surface area (Å²) in [6, 6.07) is 9.71. The molecule has 23 heavy (non-hydrogen) atoms. The van der Waals surface area contributed by atoms with E-state index in [-0.39, 0.29) is 10.9 Å². The van der Waals surface area contributed by atoms with Crippen LogP contribution >= 0.6 is 11.3 Å². The molecule has 1 atom stereocenters. The van der Waals surface area contributed by atoms with Crippen LogP contribution in [0, 0.1) is 0 Å². The van der Waals surface area contributed by atoms with E-state index in [1.54, 1.807) is 15.6 Å². The van der Waals surface area contributed by atoms with E-state index in [0.717, 1.165) is 17.7 Å². The second kappa shape index (κ2) is 6.43. The Morgan fingerprint density at radius 2 is 2.00 bits per heavy atom. The van der Waals surface area contributed by atoms with Crippen LogP contribution in [0.3, 0.4) is 0 Å². The molecule has 1 aromatic carbocycles. The van der Waals surface area contributed by atoms with E-state index in [0.29, 0.717) is 12.1 Å². The SMILES string of the molecule is COC(=O)c1ccc(S(=O)(=O)N2CCCC2c2cccs2)cc1. The van der Waals surface area contributed by atoms with Crippen LogP contribution in [0.25, 0.3) is 0 Å². The van der Waals surface area contributed by atoms with Gasteiger partial charge in [0, 0.05) is 11.4 Å². The number of ether oxygens (including phenoxy) is 1. The molecule has 1 unspecified atom stereocenters. The minimum absolute atomic E-state index is 0.0970. The van der Waals surface area contributed by atoms with Crippen molar-refractivity contribution < 1.29 is 17.9 Å². The maximum absolute atomic E-state index is 12.9. The molecule has 1 aliphatic rings. The summed E-state index contributed by atoms with van der Waals surface area (Å²) in [4.78, 5) is 12.7. The second-order valence-corrected chi connectivity index (χ2v) is 8.17. The molecule has 0 bridgehead atoms. The summed E-state index contributed by atoms with van der Waals surface area (Å²) >= 11 is 1.58. The predicted molar refractivity (Wildman–Crippen MR) is 88.0 cm³/mol. The highest BCUT2D eigenvalue weighted by molar-refractivity contribution is 7.89. The van der Waals surface area contributed by atoms with E-state index in [2.05, 4.69) is 4.74 Å². The molecule has 3 rings (SSSR count). The summed E-state index contributed by atoms with van der Waals surface area (Å²) in [5.41, 5.74) is 0.336. The van der Waals surface area contributed by atoms with Crippen LogP contribution in [0.15, 0.2) is 46.7 Å². The molecule has 5 nitrogen and oxygen atoms in total. The van der Waals surface area contributed by atoms with Crippen molar-refractivity contribution >= 4 is 27.3 Å². The van der Waals surface area contributed by atoms with Crippen LogP contribution in [0.2, 0.25) is 0 Å². The van der Waals surface area contributed by atoms with Crippen molar-refractivity contribution in [3.05, 3.63) is 52.2 Å². The molecule has 2 heterocycles. The monoisotopic (exact) mass is 351 g/mol. The van der Waals surface area contributed by atoms with Gasteiger partial charge in [0.2, 0.25) is 10.0 Å². The predicted octanol–water partition coefficient (Wildman–Crippen LogP) is 3.06. The molecule has 2 aromatic rings. The van der Waals surface area contributed by atoms with Gasteiger partial charge in [-0.1, -0.05) is 6.07 Å². The van der Waals surface area contributed by atoms with Gasteiger partial charge in [0.25, 0.3) is 0 Å². The summed E-state index contributed by atoms with van der Waals surface area (Å²) in [6.07, 6.45) is 1.68. The van der Waals surface area contributed by atoms with E-state index >= 15 is 0 Å². The lowest BCUT2D eigenvalue weighted by Gasteiger charge is -2.23. The lowest BCUT2D eigenvalue weighted by molar-refractivity contribution is 0.0600. The number of methoxy groups -OCH3 is 1. The van der Waals surface area contributed by atoms with Crippen LogP contribution in [0.5, 0.6) is 0 Å². The average Bonchev–Trinajstić information content (AvgIpc) is 3.24. The lowest BCUT2D eigenvalue weighted by atomic mass is 10.2. The van der Waals surface area contributed by atoms with Gasteiger partial charge in [-0.3, -0.25) is 0 Å². The van der Waals surface area contributed by atoms with Gasteiger partial charge in [0.1, 0.15) is 0 Å². The van der Waals surface area contributed by atoms with Crippen molar-refractivity contribution in [1.82, 2.24) is 4.31 Å². The molecule has 0 amide bonds. The Labute approximate surface area is 139 Å². The van der Waals surface area contributed by atoms with Crippen molar-refractivity contribution in [1.29, 1.82) is 0 Å². The van der Waals surface area contributed by atoms with E-state index in [9.17, 15) is 13.2 Å². The maximum atomic E-state index is 12.9. The van der Waals surface area contributed by atoms with E-state index in [1.165, 1.54) is 31.4 Å². The maximum Gasteiger partial charge on any atom is 0.337 e. The Morgan fingerprint density at radius 3 is 2.61 bits per heavy atom. The van der Waals surface area contributed by atoms with Gasteiger partial charge < -0.3 is 4.74 Å². The first-order chi connectivity index (χ1) is 11.0. The molecule has 0 radical (unpaired) electrons. The van der Waals surface area contributed by atoms with Gasteiger partial charge in [-0.2, -0.15) is 4.31 Å². The number of thiophene rings is 1. The van der Waals surface area contributed by atoms with E-state index < -0.39 is 16.0 Å². The van der Waals surface area contributed by atoms with Crippen LogP contribution in [0.4, 0.5) is 0 Å². The molecule has 0 N–H and O–H groups in total. The number of benzene rings is 1. The smallest absolute Gasteiger partial charge is 0.337 e. The number of nitrogens with zero attached hydrogens (tertiary/aromatic N) is 1. The lowest BCUT2D eigenvalue weighted by Crippen LogP contribution is -2.30. The van der Waals surface area contributed by atoms with E-state index in [1.807, 2.05) is 17.5 Å². The highest BCUT2D eigenvalue weighted by Gasteiger charge is 2.36. The van der Waals surface area contributed by atoms with E-state index in [4.69, 9.17) is 0 Å². The second-order valence-electron chi connectivity index (χ2n) is 5.31. The topological polar surface area (TPSA) is 63.7 Å². The summed E-state index contributed by atoms with van der Waals surface area (Å²) in [6.45, 7) is 0.518. The highest BCUT2D eigenvalue weighted by Crippen LogP contribution is 2.38. The van der Waals surface area contributed by atoms with Gasteiger partial charge in [-0.25, -0.2) is 13.2 Å². The van der Waals surface area contributed by atoms with Crippen LogP contribution < -0.4 is 0 Å². The molecule has 0 spiro atoms. The fourth-order valence-corrected chi connectivity index (χ4v) is 5.42. The summed E-state index contributed by atoms with van der Waals surface area (Å²) in [7, 11) is -2.28. The van der Waals surface area contributed by atoms with Gasteiger partial charge in [-0.05, 0) is 48.6 Å². The average molecular weight is 351 g/mol. The van der Waals surface area contributed by atoms with Crippen molar-refractivity contribution in [3.63, 3.8) is 0 Å². The summed E-state index contributed by atoms with van der Waals surface area (Å²) in [5.74, 6) is -0.480. The Hall–Kier alpha value is -1.70. The zero-order valence-electron chi connectivity index (χ0n) is 12.6. The van der Waals surface area contributed by atoms with Gasteiger partial charge in [0.05, 0.1) is 23.6 Å². The molecule has 0 saturated carbocycles. The van der Waals surface area contributed by atoms with Crippen molar-refractivity contribution in [2.45, 2.75) is 23.8 Å². The van der Waals surface area contributed by atoms with Crippen molar-refractivity contribution in [3.8, 4) is 0 Å². The molecule has 1 fully saturated rings. The largest absolute Gasteiger partial charge is 0.465 e. The summed E-state index contributed by atoms with van der Waals surface area (Å²) < 4.78 is 32.0. The number of hydrogen-bond acceptors (Lipinski definition) is 5. The molecule has 7 heteroatoms. The fraction of sp³-hybridized carbons (Fsp3) is 0.312. The zero-order chi connectivity index (χ0) is 16.4.